The van der Waals surface area contributed by atoms with Gasteiger partial charge >= 0.3 is 0 Å². The van der Waals surface area contributed by atoms with Crippen LogP contribution >= 0.6 is 0 Å². The summed E-state index contributed by atoms with van der Waals surface area (Å²) in [6, 6.07) is 0. The van der Waals surface area contributed by atoms with E-state index in [1.54, 1.807) is 0 Å². The zero-order chi connectivity index (χ0) is 16.4. The van der Waals surface area contributed by atoms with Gasteiger partial charge in [0.25, 0.3) is 0 Å². The summed E-state index contributed by atoms with van der Waals surface area (Å²) in [4.78, 5) is 14.0. The van der Waals surface area contributed by atoms with Crippen molar-refractivity contribution in [3.8, 4) is 0 Å². The summed E-state index contributed by atoms with van der Waals surface area (Å²) in [5.74, 6) is 0.631. The van der Waals surface area contributed by atoms with Crippen LogP contribution in [0.1, 0.15) is 52.9 Å². The van der Waals surface area contributed by atoms with E-state index in [9.17, 15) is 9.90 Å². The highest BCUT2D eigenvalue weighted by Gasteiger charge is 2.34. The van der Waals surface area contributed by atoms with Crippen molar-refractivity contribution < 1.29 is 14.6 Å². The molecule has 0 atom stereocenters. The van der Waals surface area contributed by atoms with Crippen molar-refractivity contribution in [2.45, 2.75) is 58.4 Å². The van der Waals surface area contributed by atoms with Crippen LogP contribution in [0.3, 0.4) is 0 Å². The van der Waals surface area contributed by atoms with E-state index in [0.717, 1.165) is 38.6 Å². The van der Waals surface area contributed by atoms with Crippen LogP contribution in [-0.2, 0) is 9.53 Å². The van der Waals surface area contributed by atoms with Gasteiger partial charge in [0.1, 0.15) is 6.61 Å². The lowest BCUT2D eigenvalue weighted by Gasteiger charge is -2.41. The van der Waals surface area contributed by atoms with Crippen molar-refractivity contribution in [1.82, 2.24) is 10.2 Å². The fourth-order valence-electron chi connectivity index (χ4n) is 2.70. The maximum atomic E-state index is 12.1. The van der Waals surface area contributed by atoms with Crippen LogP contribution in [0.4, 0.5) is 0 Å². The van der Waals surface area contributed by atoms with Gasteiger partial charge in [-0.05, 0) is 31.7 Å². The number of amides is 1. The van der Waals surface area contributed by atoms with E-state index in [-0.39, 0.29) is 24.7 Å². The number of aliphatic hydroxyl groups excluding tert-OH is 1. The molecule has 130 valence electrons. The molecule has 0 aliphatic carbocycles. The van der Waals surface area contributed by atoms with E-state index in [1.165, 1.54) is 0 Å². The number of aliphatic hydroxyl groups is 1. The maximum absolute atomic E-state index is 12.1. The Hall–Kier alpha value is -0.650. The van der Waals surface area contributed by atoms with Crippen LogP contribution in [0.5, 0.6) is 0 Å². The van der Waals surface area contributed by atoms with Crippen molar-refractivity contribution in [2.75, 3.05) is 39.5 Å². The Bertz CT molecular complexity index is 313. The highest BCUT2D eigenvalue weighted by molar-refractivity contribution is 5.77. The zero-order valence-electron chi connectivity index (χ0n) is 14.6. The number of ether oxygens (including phenoxy) is 1. The molecule has 0 aromatic rings. The molecule has 0 aromatic heterocycles. The molecule has 1 aliphatic heterocycles. The van der Waals surface area contributed by atoms with Crippen LogP contribution in [0.15, 0.2) is 0 Å². The summed E-state index contributed by atoms with van der Waals surface area (Å²) in [6.07, 6.45) is 4.95. The Kier molecular flexibility index (Phi) is 8.98. The van der Waals surface area contributed by atoms with Gasteiger partial charge in [0.2, 0.25) is 5.91 Å². The summed E-state index contributed by atoms with van der Waals surface area (Å²) in [5, 5.41) is 13.2. The lowest BCUT2D eigenvalue weighted by atomic mass is 9.87. The lowest BCUT2D eigenvalue weighted by Crippen LogP contribution is -2.57. The molecular weight excluding hydrogens is 280 g/mol. The highest BCUT2D eigenvalue weighted by atomic mass is 16.5. The minimum Gasteiger partial charge on any atom is -0.394 e. The molecular formula is C17H34N2O3. The normalized spacial score (nSPS) is 18.0. The molecule has 1 aliphatic rings. The predicted molar refractivity (Wildman–Crippen MR) is 88.8 cm³/mol. The number of carbonyl (C=O) groups is 1. The van der Waals surface area contributed by atoms with Crippen molar-refractivity contribution in [3.05, 3.63) is 0 Å². The molecule has 1 heterocycles. The Balaban J connectivity index is 2.29. The summed E-state index contributed by atoms with van der Waals surface area (Å²) >= 11 is 0. The van der Waals surface area contributed by atoms with Crippen LogP contribution in [0, 0.1) is 5.92 Å². The average Bonchev–Trinajstić information content (AvgIpc) is 2.53. The second kappa shape index (κ2) is 10.2. The molecule has 1 saturated heterocycles. The van der Waals surface area contributed by atoms with E-state index >= 15 is 0 Å². The van der Waals surface area contributed by atoms with Gasteiger partial charge in [-0.25, -0.2) is 0 Å². The van der Waals surface area contributed by atoms with E-state index in [1.807, 2.05) is 4.90 Å². The third kappa shape index (κ3) is 6.63. The monoisotopic (exact) mass is 314 g/mol. The fourth-order valence-corrected chi connectivity index (χ4v) is 2.70. The lowest BCUT2D eigenvalue weighted by molar-refractivity contribution is -0.138. The predicted octanol–water partition coefficient (Wildman–Crippen LogP) is 1.79. The molecule has 0 saturated carbocycles. The first-order chi connectivity index (χ1) is 10.5. The van der Waals surface area contributed by atoms with E-state index in [2.05, 4.69) is 26.1 Å². The van der Waals surface area contributed by atoms with Crippen LogP contribution in [-0.4, -0.2) is 60.9 Å². The van der Waals surface area contributed by atoms with Gasteiger partial charge in [0, 0.05) is 25.2 Å². The number of likely N-dealkylation sites (tertiary alicyclic amines) is 1. The SMILES string of the molecule is CCCCCOCC(=O)N1CCC(CO)(NCC(C)C)CC1. The first-order valence-electron chi connectivity index (χ1n) is 8.74. The molecule has 0 bridgehead atoms. The number of unbranched alkanes of at least 4 members (excludes halogenated alkanes) is 2. The van der Waals surface area contributed by atoms with Crippen LogP contribution in [0.2, 0.25) is 0 Å². The third-order valence-electron chi connectivity index (χ3n) is 4.38. The van der Waals surface area contributed by atoms with Crippen molar-refractivity contribution >= 4 is 5.91 Å². The van der Waals surface area contributed by atoms with E-state index in [0.29, 0.717) is 25.6 Å². The molecule has 5 nitrogen and oxygen atoms in total. The van der Waals surface area contributed by atoms with Gasteiger partial charge in [0.15, 0.2) is 0 Å². The Morgan fingerprint density at radius 3 is 2.55 bits per heavy atom. The van der Waals surface area contributed by atoms with Gasteiger partial charge in [-0.15, -0.1) is 0 Å². The number of nitrogens with one attached hydrogen (secondary N) is 1. The Morgan fingerprint density at radius 2 is 2.00 bits per heavy atom. The molecule has 0 radical (unpaired) electrons. The molecule has 0 spiro atoms. The molecule has 0 unspecified atom stereocenters. The fraction of sp³-hybridized carbons (Fsp3) is 0.941. The van der Waals surface area contributed by atoms with Crippen LogP contribution < -0.4 is 5.32 Å². The van der Waals surface area contributed by atoms with Gasteiger partial charge in [0.05, 0.1) is 6.61 Å². The molecule has 1 amide bonds. The smallest absolute Gasteiger partial charge is 0.248 e. The molecule has 0 aromatic carbocycles. The summed E-state index contributed by atoms with van der Waals surface area (Å²) < 4.78 is 5.45. The molecule has 1 rings (SSSR count). The second-order valence-corrected chi connectivity index (χ2v) is 6.85. The van der Waals surface area contributed by atoms with E-state index in [4.69, 9.17) is 4.74 Å². The van der Waals surface area contributed by atoms with Crippen molar-refractivity contribution in [3.63, 3.8) is 0 Å². The number of rotatable bonds is 10. The summed E-state index contributed by atoms with van der Waals surface area (Å²) in [5.41, 5.74) is -0.219. The summed E-state index contributed by atoms with van der Waals surface area (Å²) in [6.45, 7) is 9.76. The minimum atomic E-state index is -0.219. The van der Waals surface area contributed by atoms with Crippen LogP contribution in [0.25, 0.3) is 0 Å². The van der Waals surface area contributed by atoms with E-state index < -0.39 is 0 Å². The molecule has 5 heteroatoms. The Labute approximate surface area is 135 Å². The Morgan fingerprint density at radius 1 is 1.32 bits per heavy atom. The topological polar surface area (TPSA) is 61.8 Å². The average molecular weight is 314 g/mol. The first kappa shape index (κ1) is 19.4. The molecule has 1 fully saturated rings. The first-order valence-corrected chi connectivity index (χ1v) is 8.74. The maximum Gasteiger partial charge on any atom is 0.248 e. The van der Waals surface area contributed by atoms with Gasteiger partial charge in [-0.1, -0.05) is 33.6 Å². The molecule has 22 heavy (non-hydrogen) atoms. The van der Waals surface area contributed by atoms with Gasteiger partial charge in [-0.2, -0.15) is 0 Å². The zero-order valence-corrected chi connectivity index (χ0v) is 14.6. The second-order valence-electron chi connectivity index (χ2n) is 6.85. The summed E-state index contributed by atoms with van der Waals surface area (Å²) in [7, 11) is 0. The number of nitrogens with zero attached hydrogens (tertiary/aromatic N) is 1. The third-order valence-corrected chi connectivity index (χ3v) is 4.38. The van der Waals surface area contributed by atoms with Gasteiger partial charge in [-0.3, -0.25) is 4.79 Å². The largest absolute Gasteiger partial charge is 0.394 e. The molecule has 2 N–H and O–H groups in total. The number of carbonyl (C=O) groups excluding carboxylic acids is 1. The number of hydrogen-bond acceptors (Lipinski definition) is 4. The standard InChI is InChI=1S/C17H34N2O3/c1-4-5-6-11-22-13-16(21)19-9-7-17(14-20,8-10-19)18-12-15(2)3/h15,18,20H,4-14H2,1-3H3. The van der Waals surface area contributed by atoms with Crippen molar-refractivity contribution in [1.29, 1.82) is 0 Å². The number of hydrogen-bond donors (Lipinski definition) is 2. The van der Waals surface area contributed by atoms with Gasteiger partial charge < -0.3 is 20.1 Å². The number of piperidine rings is 1. The quantitative estimate of drug-likeness (QED) is 0.604. The highest BCUT2D eigenvalue weighted by Crippen LogP contribution is 2.22. The van der Waals surface area contributed by atoms with Crippen molar-refractivity contribution in [2.24, 2.45) is 5.92 Å². The minimum absolute atomic E-state index is 0.0758.